The minimum atomic E-state index is -1.62. The summed E-state index contributed by atoms with van der Waals surface area (Å²) in [6, 6.07) is 5.85. The molecule has 166 valence electrons. The van der Waals surface area contributed by atoms with E-state index in [2.05, 4.69) is 0 Å². The number of nitro groups is 1. The van der Waals surface area contributed by atoms with Crippen molar-refractivity contribution in [2.24, 2.45) is 4.99 Å². The number of likely N-dealkylation sites (tertiary alicyclic amines) is 1. The van der Waals surface area contributed by atoms with Crippen LogP contribution in [0, 0.1) is 10.1 Å². The van der Waals surface area contributed by atoms with Crippen LogP contribution in [0.4, 0.5) is 5.69 Å². The number of nitrogens with zero attached hydrogens (tertiary/aromatic N) is 3. The number of non-ortho nitro benzene ring substituents is 1. The van der Waals surface area contributed by atoms with E-state index in [0.29, 0.717) is 11.4 Å². The van der Waals surface area contributed by atoms with Crippen molar-refractivity contribution in [3.63, 3.8) is 0 Å². The van der Waals surface area contributed by atoms with Crippen LogP contribution in [0.25, 0.3) is 0 Å². The number of amides is 1. The molecule has 0 aromatic heterocycles. The van der Waals surface area contributed by atoms with Crippen molar-refractivity contribution in [2.45, 2.75) is 88.8 Å². The Balaban J connectivity index is 1.78. The van der Waals surface area contributed by atoms with Gasteiger partial charge in [0.25, 0.3) is 17.2 Å². The summed E-state index contributed by atoms with van der Waals surface area (Å²) in [4.78, 5) is 43.1. The van der Waals surface area contributed by atoms with E-state index in [1.807, 2.05) is 0 Å². The summed E-state index contributed by atoms with van der Waals surface area (Å²) < 4.78 is 5.72. The van der Waals surface area contributed by atoms with Gasteiger partial charge < -0.3 is 4.74 Å². The first-order valence-electron chi connectivity index (χ1n) is 11.3. The third-order valence-electron chi connectivity index (χ3n) is 6.66. The van der Waals surface area contributed by atoms with Gasteiger partial charge in [-0.25, -0.2) is 0 Å². The Labute approximate surface area is 181 Å². The molecule has 1 saturated heterocycles. The highest BCUT2D eigenvalue weighted by Gasteiger charge is 2.65. The minimum Gasteiger partial charge on any atom is -0.436 e. The summed E-state index contributed by atoms with van der Waals surface area (Å²) in [7, 11) is 0. The van der Waals surface area contributed by atoms with Crippen molar-refractivity contribution in [1.82, 2.24) is 4.90 Å². The highest BCUT2D eigenvalue weighted by molar-refractivity contribution is 6.28. The molecular weight excluding hydrogens is 398 g/mol. The average molecular weight is 428 g/mol. The lowest BCUT2D eigenvalue weighted by atomic mass is 9.79. The maximum atomic E-state index is 13.6. The largest absolute Gasteiger partial charge is 0.436 e. The molecule has 1 aromatic rings. The van der Waals surface area contributed by atoms with Crippen LogP contribution in [0.2, 0.25) is 0 Å². The molecule has 1 atom stereocenters. The predicted molar refractivity (Wildman–Crippen MR) is 115 cm³/mol. The first-order valence-corrected chi connectivity index (χ1v) is 11.3. The van der Waals surface area contributed by atoms with E-state index in [1.54, 1.807) is 4.90 Å². The lowest BCUT2D eigenvalue weighted by Gasteiger charge is -2.52. The number of carbonyl (C=O) groups excluding carboxylic acids is 2. The Morgan fingerprint density at radius 3 is 2.19 bits per heavy atom. The Bertz CT molecular complexity index is 885. The number of hydrogen-bond acceptors (Lipinski definition) is 6. The van der Waals surface area contributed by atoms with Crippen molar-refractivity contribution >= 4 is 23.4 Å². The molecular formula is C23H29N3O5. The van der Waals surface area contributed by atoms with Gasteiger partial charge in [-0.15, -0.1) is 0 Å². The zero-order valence-corrected chi connectivity index (χ0v) is 17.9. The molecule has 1 heterocycles. The first-order chi connectivity index (χ1) is 14.9. The third-order valence-corrected chi connectivity index (χ3v) is 6.66. The van der Waals surface area contributed by atoms with Crippen LogP contribution in [0.3, 0.4) is 0 Å². The second kappa shape index (κ2) is 8.77. The summed E-state index contributed by atoms with van der Waals surface area (Å²) in [5, 5.41) is 11.1. The molecule has 2 saturated carbocycles. The standard InChI is InChI=1S/C23H29N3O5/c1-16(27)31-23(17-12-14-20(15-13-17)26(29)30)21(24-18-8-4-2-5-9-18)25(22(23)28)19-10-6-3-7-11-19/h12-15,18-19H,2-11H2,1H3. The van der Waals surface area contributed by atoms with Gasteiger partial charge in [0.2, 0.25) is 0 Å². The number of rotatable bonds is 5. The Hall–Kier alpha value is -2.77. The van der Waals surface area contributed by atoms with Gasteiger partial charge in [0, 0.05) is 30.7 Å². The number of benzene rings is 1. The van der Waals surface area contributed by atoms with Crippen LogP contribution in [-0.2, 0) is 19.9 Å². The van der Waals surface area contributed by atoms with Crippen LogP contribution < -0.4 is 0 Å². The molecule has 0 spiro atoms. The molecule has 1 aromatic carbocycles. The molecule has 1 aliphatic heterocycles. The number of nitro benzene ring substituents is 1. The predicted octanol–water partition coefficient (Wildman–Crippen LogP) is 4.26. The summed E-state index contributed by atoms with van der Waals surface area (Å²) in [5.74, 6) is -0.371. The zero-order valence-electron chi connectivity index (χ0n) is 17.9. The van der Waals surface area contributed by atoms with Gasteiger partial charge in [0.15, 0.2) is 5.84 Å². The van der Waals surface area contributed by atoms with E-state index < -0.39 is 16.5 Å². The monoisotopic (exact) mass is 427 g/mol. The number of esters is 1. The van der Waals surface area contributed by atoms with E-state index in [1.165, 1.54) is 37.6 Å². The third kappa shape index (κ3) is 3.95. The molecule has 3 fully saturated rings. The summed E-state index contributed by atoms with van der Waals surface area (Å²) in [6.07, 6.45) is 10.4. The number of carbonyl (C=O) groups is 2. The molecule has 1 amide bonds. The maximum absolute atomic E-state index is 13.6. The van der Waals surface area contributed by atoms with Crippen molar-refractivity contribution in [3.05, 3.63) is 39.9 Å². The molecule has 8 nitrogen and oxygen atoms in total. The van der Waals surface area contributed by atoms with Crippen molar-refractivity contribution in [1.29, 1.82) is 0 Å². The van der Waals surface area contributed by atoms with Gasteiger partial charge in [0.05, 0.1) is 11.0 Å². The molecule has 8 heteroatoms. The molecule has 2 aliphatic carbocycles. The van der Waals surface area contributed by atoms with Crippen LogP contribution in [-0.4, -0.2) is 39.6 Å². The number of amidine groups is 1. The summed E-state index contributed by atoms with van der Waals surface area (Å²) in [6.45, 7) is 1.28. The number of hydrogen-bond donors (Lipinski definition) is 0. The van der Waals surface area contributed by atoms with Crippen LogP contribution in [0.1, 0.15) is 76.7 Å². The van der Waals surface area contributed by atoms with Gasteiger partial charge in [0.1, 0.15) is 0 Å². The van der Waals surface area contributed by atoms with E-state index in [-0.39, 0.29) is 23.7 Å². The number of β-lactam (4-membered cyclic amide) rings is 1. The van der Waals surface area contributed by atoms with Gasteiger partial charge in [-0.2, -0.15) is 0 Å². The van der Waals surface area contributed by atoms with Gasteiger partial charge >= 0.3 is 5.97 Å². The van der Waals surface area contributed by atoms with Gasteiger partial charge in [-0.05, 0) is 37.8 Å². The van der Waals surface area contributed by atoms with E-state index in [4.69, 9.17) is 9.73 Å². The zero-order chi connectivity index (χ0) is 22.0. The second-order valence-corrected chi connectivity index (χ2v) is 8.79. The lowest BCUT2D eigenvalue weighted by molar-refractivity contribution is -0.384. The Morgan fingerprint density at radius 1 is 1.06 bits per heavy atom. The molecule has 0 radical (unpaired) electrons. The molecule has 4 rings (SSSR count). The summed E-state index contributed by atoms with van der Waals surface area (Å²) >= 11 is 0. The van der Waals surface area contributed by atoms with Gasteiger partial charge in [-0.1, -0.05) is 38.5 Å². The second-order valence-electron chi connectivity index (χ2n) is 8.79. The van der Waals surface area contributed by atoms with Gasteiger partial charge in [-0.3, -0.25) is 29.6 Å². The quantitative estimate of drug-likeness (QED) is 0.302. The van der Waals surface area contributed by atoms with Crippen molar-refractivity contribution in [2.75, 3.05) is 0 Å². The Kier molecular flexibility index (Phi) is 6.07. The average Bonchev–Trinajstić information content (AvgIpc) is 2.78. The maximum Gasteiger partial charge on any atom is 0.304 e. The molecule has 3 aliphatic rings. The minimum absolute atomic E-state index is 0.0605. The van der Waals surface area contributed by atoms with Crippen LogP contribution in [0.5, 0.6) is 0 Å². The molecule has 0 N–H and O–H groups in total. The fourth-order valence-electron chi connectivity index (χ4n) is 5.13. The fraction of sp³-hybridized carbons (Fsp3) is 0.609. The van der Waals surface area contributed by atoms with Crippen molar-refractivity contribution < 1.29 is 19.2 Å². The molecule has 31 heavy (non-hydrogen) atoms. The number of ether oxygens (including phenoxy) is 1. The fourth-order valence-corrected chi connectivity index (χ4v) is 5.13. The topological polar surface area (TPSA) is 102 Å². The van der Waals surface area contributed by atoms with E-state index in [9.17, 15) is 19.7 Å². The molecule has 0 bridgehead atoms. The highest BCUT2D eigenvalue weighted by atomic mass is 16.6. The summed E-state index contributed by atoms with van der Waals surface area (Å²) in [5.41, 5.74) is -1.28. The molecule has 1 unspecified atom stereocenters. The Morgan fingerprint density at radius 2 is 1.65 bits per heavy atom. The SMILES string of the molecule is CC(=O)OC1(c2ccc([N+](=O)[O-])cc2)C(=O)N(C2CCCCC2)C1=NC1CCCCC1. The smallest absolute Gasteiger partial charge is 0.304 e. The lowest BCUT2D eigenvalue weighted by Crippen LogP contribution is -2.73. The highest BCUT2D eigenvalue weighted by Crippen LogP contribution is 2.44. The number of aliphatic imine (C=N–C) groups is 1. The van der Waals surface area contributed by atoms with Crippen LogP contribution >= 0.6 is 0 Å². The first kappa shape index (κ1) is 21.5. The van der Waals surface area contributed by atoms with E-state index >= 15 is 0 Å². The van der Waals surface area contributed by atoms with Crippen molar-refractivity contribution in [3.8, 4) is 0 Å². The van der Waals surface area contributed by atoms with E-state index in [0.717, 1.165) is 57.8 Å². The normalized spacial score (nSPS) is 26.5. The van der Waals surface area contributed by atoms with Crippen LogP contribution in [0.15, 0.2) is 29.3 Å².